The minimum absolute atomic E-state index is 0.149. The van der Waals surface area contributed by atoms with Gasteiger partial charge in [-0.15, -0.1) is 0 Å². The van der Waals surface area contributed by atoms with Gasteiger partial charge in [0.15, 0.2) is 11.6 Å². The highest BCUT2D eigenvalue weighted by molar-refractivity contribution is 9.10. The van der Waals surface area contributed by atoms with E-state index in [1.807, 2.05) is 0 Å². The molecule has 0 aliphatic heterocycles. The van der Waals surface area contributed by atoms with Crippen LogP contribution in [0.5, 0.6) is 5.75 Å². The average molecular weight is 342 g/mol. The first kappa shape index (κ1) is 14.9. The zero-order valence-corrected chi connectivity index (χ0v) is 12.5. The molecule has 2 nitrogen and oxygen atoms in total. The van der Waals surface area contributed by atoms with Gasteiger partial charge in [-0.25, -0.2) is 8.78 Å². The monoisotopic (exact) mass is 341 g/mol. The van der Waals surface area contributed by atoms with Crippen molar-refractivity contribution >= 4 is 15.9 Å². The third kappa shape index (κ3) is 3.16. The van der Waals surface area contributed by atoms with Gasteiger partial charge in [-0.2, -0.15) is 0 Å². The molecule has 0 bridgehead atoms. The molecule has 106 valence electrons. The summed E-state index contributed by atoms with van der Waals surface area (Å²) in [6.07, 6.45) is 0.438. The van der Waals surface area contributed by atoms with Crippen molar-refractivity contribution in [3.8, 4) is 5.75 Å². The molecule has 2 rings (SSSR count). The largest absolute Gasteiger partial charge is 0.494 e. The molecule has 1 unspecified atom stereocenters. The van der Waals surface area contributed by atoms with Crippen LogP contribution in [0.1, 0.15) is 17.2 Å². The molecule has 2 aromatic rings. The van der Waals surface area contributed by atoms with Crippen molar-refractivity contribution in [3.05, 3.63) is 63.6 Å². The molecule has 0 saturated carbocycles. The maximum absolute atomic E-state index is 13.4. The van der Waals surface area contributed by atoms with E-state index in [0.717, 1.165) is 11.1 Å². The van der Waals surface area contributed by atoms with Gasteiger partial charge in [0.2, 0.25) is 0 Å². The Morgan fingerprint density at radius 2 is 1.95 bits per heavy atom. The summed E-state index contributed by atoms with van der Waals surface area (Å²) in [4.78, 5) is 0. The fraction of sp³-hybridized carbons (Fsp3) is 0.200. The van der Waals surface area contributed by atoms with Gasteiger partial charge in [-0.1, -0.05) is 18.2 Å². The molecule has 0 aliphatic rings. The Hall–Kier alpha value is -1.46. The predicted octanol–water partition coefficient (Wildman–Crippen LogP) is 3.98. The van der Waals surface area contributed by atoms with E-state index in [-0.39, 0.29) is 17.6 Å². The Labute approximate surface area is 124 Å². The SMILES string of the molecule is COc1cc(C(N)Cc2cccc(F)c2Br)ccc1F. The van der Waals surface area contributed by atoms with Crippen molar-refractivity contribution in [3.63, 3.8) is 0 Å². The lowest BCUT2D eigenvalue weighted by Crippen LogP contribution is -2.14. The second kappa shape index (κ2) is 6.33. The highest BCUT2D eigenvalue weighted by atomic mass is 79.9. The highest BCUT2D eigenvalue weighted by Crippen LogP contribution is 2.27. The van der Waals surface area contributed by atoms with E-state index in [9.17, 15) is 8.78 Å². The minimum Gasteiger partial charge on any atom is -0.494 e. The summed E-state index contributed by atoms with van der Waals surface area (Å²) in [5.74, 6) is -0.613. The first-order chi connectivity index (χ1) is 9.52. The number of hydrogen-bond donors (Lipinski definition) is 1. The summed E-state index contributed by atoms with van der Waals surface area (Å²) in [5, 5.41) is 0. The molecule has 0 amide bonds. The quantitative estimate of drug-likeness (QED) is 0.912. The van der Waals surface area contributed by atoms with Crippen LogP contribution >= 0.6 is 15.9 Å². The molecular weight excluding hydrogens is 328 g/mol. The second-order valence-electron chi connectivity index (χ2n) is 4.42. The summed E-state index contributed by atoms with van der Waals surface area (Å²) >= 11 is 3.21. The topological polar surface area (TPSA) is 35.2 Å². The van der Waals surface area contributed by atoms with Crippen LogP contribution in [0.15, 0.2) is 40.9 Å². The Balaban J connectivity index is 2.24. The van der Waals surface area contributed by atoms with Crippen molar-refractivity contribution in [2.24, 2.45) is 5.73 Å². The average Bonchev–Trinajstić information content (AvgIpc) is 2.44. The number of methoxy groups -OCH3 is 1. The van der Waals surface area contributed by atoms with Crippen LogP contribution in [-0.4, -0.2) is 7.11 Å². The van der Waals surface area contributed by atoms with E-state index in [4.69, 9.17) is 10.5 Å². The molecule has 20 heavy (non-hydrogen) atoms. The van der Waals surface area contributed by atoms with Crippen LogP contribution in [0.4, 0.5) is 8.78 Å². The highest BCUT2D eigenvalue weighted by Gasteiger charge is 2.13. The summed E-state index contributed by atoms with van der Waals surface area (Å²) in [6.45, 7) is 0. The van der Waals surface area contributed by atoms with Crippen LogP contribution in [0.25, 0.3) is 0 Å². The van der Waals surface area contributed by atoms with Gasteiger partial charge in [0.25, 0.3) is 0 Å². The molecule has 0 aliphatic carbocycles. The molecule has 0 spiro atoms. The molecule has 2 N–H and O–H groups in total. The van der Waals surface area contributed by atoms with Gasteiger partial charge in [0.05, 0.1) is 11.6 Å². The normalized spacial score (nSPS) is 12.2. The standard InChI is InChI=1S/C15H14BrF2NO/c1-20-14-8-9(5-6-11(14)17)13(19)7-10-3-2-4-12(18)15(10)16/h2-6,8,13H,7,19H2,1H3. The molecular formula is C15H14BrF2NO. The van der Waals surface area contributed by atoms with E-state index < -0.39 is 5.82 Å². The van der Waals surface area contributed by atoms with E-state index in [1.165, 1.54) is 19.2 Å². The van der Waals surface area contributed by atoms with E-state index in [2.05, 4.69) is 15.9 Å². The van der Waals surface area contributed by atoms with Crippen molar-refractivity contribution in [2.75, 3.05) is 7.11 Å². The Kier molecular flexibility index (Phi) is 4.73. The molecule has 0 aromatic heterocycles. The lowest BCUT2D eigenvalue weighted by Gasteiger charge is -2.15. The van der Waals surface area contributed by atoms with Crippen molar-refractivity contribution in [2.45, 2.75) is 12.5 Å². The molecule has 5 heteroatoms. The van der Waals surface area contributed by atoms with Crippen LogP contribution in [-0.2, 0) is 6.42 Å². The van der Waals surface area contributed by atoms with E-state index in [1.54, 1.807) is 24.3 Å². The minimum atomic E-state index is -0.435. The van der Waals surface area contributed by atoms with E-state index in [0.29, 0.717) is 10.9 Å². The maximum atomic E-state index is 13.4. The Morgan fingerprint density at radius 1 is 1.20 bits per heavy atom. The van der Waals surface area contributed by atoms with Crippen molar-refractivity contribution < 1.29 is 13.5 Å². The van der Waals surface area contributed by atoms with Gasteiger partial charge in [-0.05, 0) is 51.7 Å². The molecule has 0 radical (unpaired) electrons. The third-order valence-electron chi connectivity index (χ3n) is 3.07. The number of rotatable bonds is 4. The molecule has 1 atom stereocenters. The van der Waals surface area contributed by atoms with Crippen molar-refractivity contribution in [1.82, 2.24) is 0 Å². The first-order valence-corrected chi connectivity index (χ1v) is 6.84. The fourth-order valence-corrected chi connectivity index (χ4v) is 2.39. The zero-order chi connectivity index (χ0) is 14.7. The number of hydrogen-bond acceptors (Lipinski definition) is 2. The van der Waals surface area contributed by atoms with Gasteiger partial charge in [0, 0.05) is 6.04 Å². The Bertz CT molecular complexity index is 619. The van der Waals surface area contributed by atoms with Gasteiger partial charge < -0.3 is 10.5 Å². The molecule has 0 saturated heterocycles. The second-order valence-corrected chi connectivity index (χ2v) is 5.21. The Morgan fingerprint density at radius 3 is 2.65 bits per heavy atom. The lowest BCUT2D eigenvalue weighted by atomic mass is 9.99. The molecule has 0 fully saturated rings. The summed E-state index contributed by atoms with van der Waals surface area (Å²) < 4.78 is 32.1. The van der Waals surface area contributed by atoms with Gasteiger partial charge in [-0.3, -0.25) is 0 Å². The van der Waals surface area contributed by atoms with Crippen LogP contribution in [0.2, 0.25) is 0 Å². The predicted molar refractivity (Wildman–Crippen MR) is 77.7 cm³/mol. The van der Waals surface area contributed by atoms with Crippen LogP contribution in [0, 0.1) is 11.6 Å². The van der Waals surface area contributed by atoms with Crippen molar-refractivity contribution in [1.29, 1.82) is 0 Å². The summed E-state index contributed by atoms with van der Waals surface area (Å²) in [6, 6.07) is 8.92. The smallest absolute Gasteiger partial charge is 0.165 e. The fourth-order valence-electron chi connectivity index (χ4n) is 1.97. The summed E-state index contributed by atoms with van der Waals surface area (Å²) in [7, 11) is 1.40. The third-order valence-corrected chi connectivity index (χ3v) is 3.96. The number of nitrogens with two attached hydrogens (primary N) is 1. The zero-order valence-electron chi connectivity index (χ0n) is 10.9. The van der Waals surface area contributed by atoms with Crippen LogP contribution in [0.3, 0.4) is 0 Å². The molecule has 2 aromatic carbocycles. The maximum Gasteiger partial charge on any atom is 0.165 e. The lowest BCUT2D eigenvalue weighted by molar-refractivity contribution is 0.385. The number of benzene rings is 2. The number of halogens is 3. The molecule has 0 heterocycles. The van der Waals surface area contributed by atoms with Crippen LogP contribution < -0.4 is 10.5 Å². The first-order valence-electron chi connectivity index (χ1n) is 6.05. The summed E-state index contributed by atoms with van der Waals surface area (Å²) in [5.41, 5.74) is 7.60. The van der Waals surface area contributed by atoms with Gasteiger partial charge >= 0.3 is 0 Å². The van der Waals surface area contributed by atoms with Gasteiger partial charge in [0.1, 0.15) is 5.82 Å². The number of ether oxygens (including phenoxy) is 1. The van der Waals surface area contributed by atoms with E-state index >= 15 is 0 Å².